The Hall–Kier alpha value is -3.73. The Labute approximate surface area is 196 Å². The summed E-state index contributed by atoms with van der Waals surface area (Å²) in [6, 6.07) is 12.8. The molecule has 0 fully saturated rings. The van der Waals surface area contributed by atoms with Crippen LogP contribution in [-0.4, -0.2) is 29.3 Å². The number of rotatable bonds is 8. The molecule has 34 heavy (non-hydrogen) atoms. The lowest BCUT2D eigenvalue weighted by Crippen LogP contribution is -2.31. The monoisotopic (exact) mass is 491 g/mol. The first kappa shape index (κ1) is 24.9. The third-order valence-corrected chi connectivity index (χ3v) is 5.53. The van der Waals surface area contributed by atoms with Crippen LogP contribution >= 0.6 is 11.3 Å². The van der Waals surface area contributed by atoms with Gasteiger partial charge in [-0.25, -0.2) is 0 Å². The van der Waals surface area contributed by atoms with Crippen LogP contribution in [0.3, 0.4) is 0 Å². The quantitative estimate of drug-likeness (QED) is 0.268. The summed E-state index contributed by atoms with van der Waals surface area (Å²) in [5.74, 6) is -1.58. The van der Waals surface area contributed by atoms with Gasteiger partial charge in [0.25, 0.3) is 5.91 Å². The third-order valence-electron chi connectivity index (χ3n) is 4.65. The molecule has 3 rings (SSSR count). The molecule has 178 valence electrons. The minimum Gasteiger partial charge on any atom is -0.455 e. The topological polar surface area (TPSA) is 81.0 Å². The number of benzene rings is 2. The molecule has 11 heteroatoms. The number of esters is 1. The second kappa shape index (κ2) is 10.9. The number of aryl methyl sites for hydroxylation is 1. The Morgan fingerprint density at radius 1 is 1.15 bits per heavy atom. The molecular weight excluding hydrogens is 471 g/mol. The molecule has 0 aliphatic heterocycles. The van der Waals surface area contributed by atoms with Crippen molar-refractivity contribution in [2.45, 2.75) is 26.1 Å². The van der Waals surface area contributed by atoms with Crippen LogP contribution in [0.25, 0.3) is 0 Å². The number of alkyl halides is 3. The van der Waals surface area contributed by atoms with Gasteiger partial charge in [0.15, 0.2) is 6.61 Å². The molecular formula is C23H20F3N3O4S. The number of ether oxygens (including phenoxy) is 1. The smallest absolute Gasteiger partial charge is 0.416 e. The highest BCUT2D eigenvalue weighted by Crippen LogP contribution is 2.31. The summed E-state index contributed by atoms with van der Waals surface area (Å²) in [5.41, 5.74) is 0.223. The summed E-state index contributed by atoms with van der Waals surface area (Å²) in [7, 11) is 0. The van der Waals surface area contributed by atoms with Crippen LogP contribution in [0.1, 0.15) is 23.2 Å². The van der Waals surface area contributed by atoms with Gasteiger partial charge in [0, 0.05) is 17.6 Å². The van der Waals surface area contributed by atoms with E-state index in [2.05, 4.69) is 5.10 Å². The van der Waals surface area contributed by atoms with Gasteiger partial charge in [-0.3, -0.25) is 14.4 Å². The van der Waals surface area contributed by atoms with Gasteiger partial charge in [-0.05, 0) is 30.7 Å². The Balaban J connectivity index is 1.73. The summed E-state index contributed by atoms with van der Waals surface area (Å²) >= 11 is 1.01. The van der Waals surface area contributed by atoms with Crippen LogP contribution in [0, 0.1) is 6.92 Å². The number of thiazole rings is 1. The molecule has 1 aromatic heterocycles. The Kier molecular flexibility index (Phi) is 8.00. The first-order chi connectivity index (χ1) is 16.1. The first-order valence-corrected chi connectivity index (χ1v) is 10.9. The number of hydrogen-bond donors (Lipinski definition) is 0. The van der Waals surface area contributed by atoms with Crippen molar-refractivity contribution in [2.75, 3.05) is 11.6 Å². The van der Waals surface area contributed by atoms with Crippen molar-refractivity contribution < 1.29 is 27.5 Å². The lowest BCUT2D eigenvalue weighted by atomic mass is 10.2. The lowest BCUT2D eigenvalue weighted by Gasteiger charge is -2.18. The normalized spacial score (nSPS) is 11.5. The van der Waals surface area contributed by atoms with E-state index >= 15 is 0 Å². The van der Waals surface area contributed by atoms with Crippen molar-refractivity contribution >= 4 is 35.1 Å². The second-order valence-corrected chi connectivity index (χ2v) is 7.93. The SMILES string of the molecule is Cc1csc(=O)n1CCC(=O)OCC(=O)N(/N=C/c1ccccc1)c1cccc(C(F)(F)F)c1. The summed E-state index contributed by atoms with van der Waals surface area (Å²) in [6.07, 6.45) is -3.45. The number of anilines is 1. The molecule has 1 amide bonds. The van der Waals surface area contributed by atoms with Crippen LogP contribution in [0.15, 0.2) is 69.9 Å². The Morgan fingerprint density at radius 3 is 2.53 bits per heavy atom. The van der Waals surface area contributed by atoms with Gasteiger partial charge in [0.05, 0.1) is 23.9 Å². The van der Waals surface area contributed by atoms with Crippen LogP contribution < -0.4 is 9.88 Å². The van der Waals surface area contributed by atoms with Crippen molar-refractivity contribution in [1.82, 2.24) is 4.57 Å². The average molecular weight is 491 g/mol. The van der Waals surface area contributed by atoms with Crippen molar-refractivity contribution in [3.63, 3.8) is 0 Å². The zero-order chi connectivity index (χ0) is 24.7. The third kappa shape index (κ3) is 6.64. The largest absolute Gasteiger partial charge is 0.455 e. The lowest BCUT2D eigenvalue weighted by molar-refractivity contribution is -0.148. The van der Waals surface area contributed by atoms with Gasteiger partial charge < -0.3 is 9.30 Å². The van der Waals surface area contributed by atoms with E-state index < -0.39 is 30.2 Å². The van der Waals surface area contributed by atoms with Crippen molar-refractivity contribution in [1.29, 1.82) is 0 Å². The Morgan fingerprint density at radius 2 is 1.88 bits per heavy atom. The molecule has 0 spiro atoms. The number of nitrogens with zero attached hydrogens (tertiary/aromatic N) is 3. The molecule has 0 unspecified atom stereocenters. The van der Waals surface area contributed by atoms with Gasteiger partial charge in [0.2, 0.25) is 0 Å². The molecule has 7 nitrogen and oxygen atoms in total. The number of hydrazone groups is 1. The molecule has 2 aromatic carbocycles. The molecule has 0 bridgehead atoms. The van der Waals surface area contributed by atoms with Gasteiger partial charge >= 0.3 is 17.0 Å². The summed E-state index contributed by atoms with van der Waals surface area (Å²) in [6.45, 7) is 1.08. The summed E-state index contributed by atoms with van der Waals surface area (Å²) in [4.78, 5) is 36.4. The zero-order valence-electron chi connectivity index (χ0n) is 18.0. The molecule has 3 aromatic rings. The van der Waals surface area contributed by atoms with Gasteiger partial charge in [-0.2, -0.15) is 23.3 Å². The maximum absolute atomic E-state index is 13.2. The second-order valence-electron chi connectivity index (χ2n) is 7.11. The first-order valence-electron chi connectivity index (χ1n) is 10.0. The minimum absolute atomic E-state index is 0.0880. The number of halogens is 3. The zero-order valence-corrected chi connectivity index (χ0v) is 18.8. The van der Waals surface area contributed by atoms with E-state index in [0.717, 1.165) is 34.5 Å². The number of carbonyl (C=O) groups is 2. The van der Waals surface area contributed by atoms with E-state index in [9.17, 15) is 27.6 Å². The van der Waals surface area contributed by atoms with Crippen molar-refractivity contribution in [3.05, 3.63) is 86.5 Å². The minimum atomic E-state index is -4.61. The molecule has 0 radical (unpaired) electrons. The fraction of sp³-hybridized carbons (Fsp3) is 0.217. The Bertz CT molecular complexity index is 1240. The van der Waals surface area contributed by atoms with E-state index in [4.69, 9.17) is 4.74 Å². The molecule has 0 aliphatic carbocycles. The average Bonchev–Trinajstić information content (AvgIpc) is 3.13. The van der Waals surface area contributed by atoms with Gasteiger partial charge in [-0.15, -0.1) is 0 Å². The predicted octanol–water partition coefficient (Wildman–Crippen LogP) is 4.24. The van der Waals surface area contributed by atoms with E-state index in [1.165, 1.54) is 16.8 Å². The molecule has 0 saturated carbocycles. The number of amides is 1. The summed E-state index contributed by atoms with van der Waals surface area (Å²) < 4.78 is 45.9. The maximum atomic E-state index is 13.2. The fourth-order valence-corrected chi connectivity index (χ4v) is 3.67. The molecule has 0 saturated heterocycles. The molecule has 0 N–H and O–H groups in total. The fourth-order valence-electron chi connectivity index (χ4n) is 2.91. The van der Waals surface area contributed by atoms with Crippen molar-refractivity contribution in [2.24, 2.45) is 5.10 Å². The molecule has 0 aliphatic rings. The van der Waals surface area contributed by atoms with Crippen LogP contribution in [0.5, 0.6) is 0 Å². The maximum Gasteiger partial charge on any atom is 0.416 e. The number of aromatic nitrogens is 1. The van der Waals surface area contributed by atoms with E-state index in [1.807, 2.05) is 0 Å². The summed E-state index contributed by atoms with van der Waals surface area (Å²) in [5, 5.41) is 6.45. The van der Waals surface area contributed by atoms with Gasteiger partial charge in [0.1, 0.15) is 0 Å². The molecule has 0 atom stereocenters. The highest BCUT2D eigenvalue weighted by molar-refractivity contribution is 7.07. The number of hydrogen-bond acceptors (Lipinski definition) is 6. The van der Waals surface area contributed by atoms with Crippen molar-refractivity contribution in [3.8, 4) is 0 Å². The molecule has 1 heterocycles. The highest BCUT2D eigenvalue weighted by Gasteiger charge is 2.31. The van der Waals surface area contributed by atoms with E-state index in [0.29, 0.717) is 11.3 Å². The van der Waals surface area contributed by atoms with Crippen LogP contribution in [0.2, 0.25) is 0 Å². The van der Waals surface area contributed by atoms with Gasteiger partial charge in [-0.1, -0.05) is 47.7 Å². The van der Waals surface area contributed by atoms with E-state index in [-0.39, 0.29) is 23.5 Å². The highest BCUT2D eigenvalue weighted by atomic mass is 32.1. The van der Waals surface area contributed by atoms with Crippen LogP contribution in [0.4, 0.5) is 18.9 Å². The van der Waals surface area contributed by atoms with Crippen LogP contribution in [-0.2, 0) is 27.0 Å². The predicted molar refractivity (Wildman–Crippen MR) is 122 cm³/mol. The number of carbonyl (C=O) groups excluding carboxylic acids is 2. The standard InChI is InChI=1S/C23H20F3N3O4S/c1-16-15-34-22(32)28(16)11-10-21(31)33-14-20(30)29(27-13-17-6-3-2-4-7-17)19-9-5-8-18(12-19)23(24,25)26/h2-9,12-13,15H,10-11,14H2,1H3/b27-13+. The van der Waals surface area contributed by atoms with E-state index in [1.54, 1.807) is 42.6 Å².